The molecule has 0 amide bonds. The second kappa shape index (κ2) is 6.08. The highest BCUT2D eigenvalue weighted by Gasteiger charge is 2.24. The first-order chi connectivity index (χ1) is 9.86. The van der Waals surface area contributed by atoms with Crippen molar-refractivity contribution in [1.29, 1.82) is 0 Å². The molecular formula is C15H16Cl2N2O2. The van der Waals surface area contributed by atoms with Gasteiger partial charge >= 0.3 is 0 Å². The molecule has 0 unspecified atom stereocenters. The second-order valence-corrected chi connectivity index (χ2v) is 5.76. The molecule has 1 aromatic heterocycles. The predicted molar refractivity (Wildman–Crippen MR) is 84.5 cm³/mol. The van der Waals surface area contributed by atoms with E-state index in [0.29, 0.717) is 22.0 Å². The number of hydrogen-bond donors (Lipinski definition) is 0. The Kier molecular flexibility index (Phi) is 4.59. The minimum atomic E-state index is -0.518. The number of methoxy groups -OCH3 is 1. The van der Waals surface area contributed by atoms with Gasteiger partial charge in [-0.3, -0.25) is 9.48 Å². The van der Waals surface area contributed by atoms with Crippen molar-refractivity contribution < 1.29 is 9.53 Å². The first-order valence-corrected chi connectivity index (χ1v) is 7.23. The fourth-order valence-corrected chi connectivity index (χ4v) is 2.78. The van der Waals surface area contributed by atoms with Gasteiger partial charge < -0.3 is 4.74 Å². The Morgan fingerprint density at radius 1 is 1.38 bits per heavy atom. The number of carbonyl (C=O) groups is 1. The number of nitrogens with zero attached hydrogens (tertiary/aromatic N) is 2. The van der Waals surface area contributed by atoms with E-state index in [9.17, 15) is 4.79 Å². The lowest BCUT2D eigenvalue weighted by molar-refractivity contribution is 0.108. The number of carbonyl (C=O) groups excluding carboxylic acids is 1. The van der Waals surface area contributed by atoms with Crippen LogP contribution in [0.4, 0.5) is 0 Å². The molecule has 0 fully saturated rings. The molecule has 0 bridgehead atoms. The Labute approximate surface area is 133 Å². The summed E-state index contributed by atoms with van der Waals surface area (Å²) in [5, 5.41) is 4.42. The Hall–Kier alpha value is -1.52. The van der Waals surface area contributed by atoms with Crippen LogP contribution in [0.5, 0.6) is 5.75 Å². The van der Waals surface area contributed by atoms with E-state index in [1.165, 1.54) is 7.11 Å². The monoisotopic (exact) mass is 326 g/mol. The number of ether oxygens (including phenoxy) is 1. The van der Waals surface area contributed by atoms with Crippen molar-refractivity contribution in [1.82, 2.24) is 9.78 Å². The van der Waals surface area contributed by atoms with Crippen molar-refractivity contribution in [3.8, 4) is 17.0 Å². The molecule has 0 saturated heterocycles. The van der Waals surface area contributed by atoms with Crippen LogP contribution >= 0.6 is 23.2 Å². The van der Waals surface area contributed by atoms with Crippen LogP contribution in [0.2, 0.25) is 5.02 Å². The van der Waals surface area contributed by atoms with Crippen molar-refractivity contribution >= 4 is 28.4 Å². The zero-order valence-electron chi connectivity index (χ0n) is 12.3. The average molecular weight is 327 g/mol. The molecule has 6 heteroatoms. The Bertz CT molecular complexity index is 693. The lowest BCUT2D eigenvalue weighted by Crippen LogP contribution is -2.04. The molecule has 2 rings (SSSR count). The van der Waals surface area contributed by atoms with Gasteiger partial charge in [-0.25, -0.2) is 0 Å². The summed E-state index contributed by atoms with van der Waals surface area (Å²) in [6.45, 7) is 3.99. The highest BCUT2D eigenvalue weighted by Crippen LogP contribution is 2.34. The van der Waals surface area contributed by atoms with Crippen LogP contribution in [0.1, 0.15) is 35.8 Å². The summed E-state index contributed by atoms with van der Waals surface area (Å²) in [4.78, 5) is 11.9. The Morgan fingerprint density at radius 2 is 2.05 bits per heavy atom. The van der Waals surface area contributed by atoms with E-state index in [-0.39, 0.29) is 5.92 Å². The van der Waals surface area contributed by atoms with Crippen LogP contribution in [0.25, 0.3) is 11.3 Å². The second-order valence-electron chi connectivity index (χ2n) is 5.01. The van der Waals surface area contributed by atoms with Crippen molar-refractivity contribution in [3.05, 3.63) is 34.5 Å². The SMILES string of the molecule is COc1cc(-c2nn(C)c(C(C)C)c2C(=O)Cl)ccc1Cl. The van der Waals surface area contributed by atoms with Gasteiger partial charge in [-0.2, -0.15) is 5.10 Å². The normalized spacial score (nSPS) is 11.0. The molecule has 0 radical (unpaired) electrons. The smallest absolute Gasteiger partial charge is 0.256 e. The van der Waals surface area contributed by atoms with Gasteiger partial charge in [0.25, 0.3) is 5.24 Å². The van der Waals surface area contributed by atoms with E-state index in [1.807, 2.05) is 13.8 Å². The van der Waals surface area contributed by atoms with E-state index in [1.54, 1.807) is 29.9 Å². The zero-order chi connectivity index (χ0) is 15.7. The van der Waals surface area contributed by atoms with E-state index in [4.69, 9.17) is 27.9 Å². The summed E-state index contributed by atoms with van der Waals surface area (Å²) in [7, 11) is 3.34. The van der Waals surface area contributed by atoms with Crippen LogP contribution in [0.3, 0.4) is 0 Å². The standard InChI is InChI=1S/C15H16Cl2N2O2/c1-8(2)14-12(15(17)20)13(18-19(14)3)9-5-6-10(16)11(7-9)21-4/h5-8H,1-4H3. The molecule has 112 valence electrons. The number of rotatable bonds is 4. The fourth-order valence-electron chi connectivity index (χ4n) is 2.40. The lowest BCUT2D eigenvalue weighted by Gasteiger charge is -2.08. The molecule has 0 N–H and O–H groups in total. The first kappa shape index (κ1) is 15.9. The van der Waals surface area contributed by atoms with Crippen LogP contribution in [0.15, 0.2) is 18.2 Å². The quantitative estimate of drug-likeness (QED) is 0.789. The van der Waals surface area contributed by atoms with Gasteiger partial charge in [0.2, 0.25) is 0 Å². The maximum atomic E-state index is 11.9. The number of aromatic nitrogens is 2. The van der Waals surface area contributed by atoms with E-state index < -0.39 is 5.24 Å². The maximum Gasteiger partial charge on any atom is 0.256 e. The molecule has 1 aromatic carbocycles. The largest absolute Gasteiger partial charge is 0.495 e. The average Bonchev–Trinajstić information content (AvgIpc) is 2.77. The minimum absolute atomic E-state index is 0.128. The molecule has 0 spiro atoms. The molecule has 0 atom stereocenters. The topological polar surface area (TPSA) is 44.1 Å². The molecule has 0 saturated carbocycles. The predicted octanol–water partition coefficient (Wildman–Crippen LogP) is 4.25. The molecule has 4 nitrogen and oxygen atoms in total. The zero-order valence-corrected chi connectivity index (χ0v) is 13.8. The molecular weight excluding hydrogens is 311 g/mol. The van der Waals surface area contributed by atoms with Crippen molar-refractivity contribution in [2.75, 3.05) is 7.11 Å². The number of hydrogen-bond acceptors (Lipinski definition) is 3. The first-order valence-electron chi connectivity index (χ1n) is 6.47. The Balaban J connectivity index is 2.69. The van der Waals surface area contributed by atoms with Gasteiger partial charge in [0.1, 0.15) is 11.4 Å². The number of benzene rings is 1. The summed E-state index contributed by atoms with van der Waals surface area (Å²) in [6, 6.07) is 5.25. The van der Waals surface area contributed by atoms with Crippen molar-refractivity contribution in [2.45, 2.75) is 19.8 Å². The third-order valence-electron chi connectivity index (χ3n) is 3.26. The third-order valence-corrected chi connectivity index (χ3v) is 3.76. The highest BCUT2D eigenvalue weighted by molar-refractivity contribution is 6.68. The number of aryl methyl sites for hydroxylation is 1. The van der Waals surface area contributed by atoms with Crippen LogP contribution in [0, 0.1) is 0 Å². The molecule has 0 aliphatic carbocycles. The lowest BCUT2D eigenvalue weighted by atomic mass is 10.0. The number of halogens is 2. The van der Waals surface area contributed by atoms with Crippen LogP contribution in [-0.2, 0) is 7.05 Å². The molecule has 0 aliphatic heterocycles. The summed E-state index contributed by atoms with van der Waals surface area (Å²) in [5.41, 5.74) is 2.51. The van der Waals surface area contributed by atoms with E-state index >= 15 is 0 Å². The van der Waals surface area contributed by atoms with Gasteiger partial charge in [-0.05, 0) is 29.7 Å². The Morgan fingerprint density at radius 3 is 2.57 bits per heavy atom. The van der Waals surface area contributed by atoms with Crippen molar-refractivity contribution in [2.24, 2.45) is 7.05 Å². The summed E-state index contributed by atoms with van der Waals surface area (Å²) in [6.07, 6.45) is 0. The summed E-state index contributed by atoms with van der Waals surface area (Å²) < 4.78 is 6.90. The molecule has 2 aromatic rings. The maximum absolute atomic E-state index is 11.9. The summed E-state index contributed by atoms with van der Waals surface area (Å²) >= 11 is 11.8. The third kappa shape index (κ3) is 2.92. The van der Waals surface area contributed by atoms with E-state index in [2.05, 4.69) is 5.10 Å². The highest BCUT2D eigenvalue weighted by atomic mass is 35.5. The summed E-state index contributed by atoms with van der Waals surface area (Å²) in [5.74, 6) is 0.655. The molecule has 21 heavy (non-hydrogen) atoms. The fraction of sp³-hybridized carbons (Fsp3) is 0.333. The van der Waals surface area contributed by atoms with Gasteiger partial charge in [0.15, 0.2) is 0 Å². The van der Waals surface area contributed by atoms with Crippen LogP contribution < -0.4 is 4.74 Å². The van der Waals surface area contributed by atoms with Crippen molar-refractivity contribution in [3.63, 3.8) is 0 Å². The van der Waals surface area contributed by atoms with Gasteiger partial charge in [0, 0.05) is 12.6 Å². The van der Waals surface area contributed by atoms with Gasteiger partial charge in [-0.15, -0.1) is 0 Å². The van der Waals surface area contributed by atoms with Crippen LogP contribution in [-0.4, -0.2) is 22.1 Å². The van der Waals surface area contributed by atoms with Gasteiger partial charge in [0.05, 0.1) is 23.4 Å². The molecule has 1 heterocycles. The van der Waals surface area contributed by atoms with Gasteiger partial charge in [-0.1, -0.05) is 31.5 Å². The van der Waals surface area contributed by atoms with E-state index in [0.717, 1.165) is 11.3 Å². The molecule has 0 aliphatic rings. The minimum Gasteiger partial charge on any atom is -0.495 e.